The van der Waals surface area contributed by atoms with Crippen molar-refractivity contribution < 1.29 is 13.2 Å². The molecule has 3 nitrogen and oxygen atoms in total. The number of rotatable bonds is 8. The van der Waals surface area contributed by atoms with E-state index in [2.05, 4.69) is 20.8 Å². The standard InChI is InChI=1S/C18H30O3S/c1-6-7-11-22(19,20)13-15(2)16-9-8-10-17(12-16)21-14-18(3,4)5/h8-10,12,15H,6-7,11,13-14H2,1-5H3/t15-/m0/s1. The third-order valence-corrected chi connectivity index (χ3v) is 5.33. The minimum absolute atomic E-state index is 0.0138. The Balaban J connectivity index is 2.72. The quantitative estimate of drug-likeness (QED) is 0.710. The lowest BCUT2D eigenvalue weighted by molar-refractivity contribution is 0.197. The Hall–Kier alpha value is -1.03. The van der Waals surface area contributed by atoms with Crippen LogP contribution < -0.4 is 4.74 Å². The van der Waals surface area contributed by atoms with Gasteiger partial charge in [-0.05, 0) is 35.4 Å². The van der Waals surface area contributed by atoms with Gasteiger partial charge in [0.25, 0.3) is 0 Å². The fourth-order valence-corrected chi connectivity index (χ4v) is 3.98. The van der Waals surface area contributed by atoms with E-state index < -0.39 is 9.84 Å². The van der Waals surface area contributed by atoms with Gasteiger partial charge in [0, 0.05) is 0 Å². The smallest absolute Gasteiger partial charge is 0.150 e. The highest BCUT2D eigenvalue weighted by Gasteiger charge is 2.17. The first kappa shape index (κ1) is 19.0. The topological polar surface area (TPSA) is 43.4 Å². The van der Waals surface area contributed by atoms with Gasteiger partial charge in [0.15, 0.2) is 9.84 Å². The maximum atomic E-state index is 12.1. The van der Waals surface area contributed by atoms with Gasteiger partial charge in [-0.3, -0.25) is 0 Å². The van der Waals surface area contributed by atoms with E-state index in [1.54, 1.807) is 0 Å². The summed E-state index contributed by atoms with van der Waals surface area (Å²) >= 11 is 0. The normalized spacial score (nSPS) is 13.9. The van der Waals surface area contributed by atoms with E-state index in [1.165, 1.54) is 0 Å². The second-order valence-corrected chi connectivity index (χ2v) is 9.52. The van der Waals surface area contributed by atoms with Crippen molar-refractivity contribution in [3.8, 4) is 5.75 Å². The third-order valence-electron chi connectivity index (χ3n) is 3.41. The zero-order valence-corrected chi connectivity index (χ0v) is 15.4. The van der Waals surface area contributed by atoms with Crippen molar-refractivity contribution in [3.63, 3.8) is 0 Å². The van der Waals surface area contributed by atoms with Crippen LogP contribution in [0.1, 0.15) is 58.9 Å². The highest BCUT2D eigenvalue weighted by atomic mass is 32.2. The van der Waals surface area contributed by atoms with E-state index in [-0.39, 0.29) is 22.8 Å². The van der Waals surface area contributed by atoms with E-state index in [9.17, 15) is 8.42 Å². The average molecular weight is 327 g/mol. The summed E-state index contributed by atoms with van der Waals surface area (Å²) in [6.45, 7) is 11.0. The van der Waals surface area contributed by atoms with Gasteiger partial charge in [-0.15, -0.1) is 0 Å². The summed E-state index contributed by atoms with van der Waals surface area (Å²) in [4.78, 5) is 0. The molecule has 0 fully saturated rings. The maximum absolute atomic E-state index is 12.1. The monoisotopic (exact) mass is 326 g/mol. The van der Waals surface area contributed by atoms with E-state index in [4.69, 9.17) is 4.74 Å². The average Bonchev–Trinajstić information content (AvgIpc) is 2.42. The molecule has 0 bridgehead atoms. The second-order valence-electron chi connectivity index (χ2n) is 7.29. The molecule has 1 atom stereocenters. The highest BCUT2D eigenvalue weighted by Crippen LogP contribution is 2.24. The van der Waals surface area contributed by atoms with Crippen LogP contribution >= 0.6 is 0 Å². The Morgan fingerprint density at radius 3 is 2.50 bits per heavy atom. The Morgan fingerprint density at radius 2 is 1.91 bits per heavy atom. The molecule has 0 amide bonds. The van der Waals surface area contributed by atoms with Gasteiger partial charge in [-0.2, -0.15) is 0 Å². The van der Waals surface area contributed by atoms with Gasteiger partial charge < -0.3 is 4.74 Å². The van der Waals surface area contributed by atoms with Crippen LogP contribution in [0.4, 0.5) is 0 Å². The molecule has 0 N–H and O–H groups in total. The summed E-state index contributed by atoms with van der Waals surface area (Å²) in [6, 6.07) is 7.80. The molecule has 0 aliphatic heterocycles. The molecule has 0 aliphatic rings. The fraction of sp³-hybridized carbons (Fsp3) is 0.667. The lowest BCUT2D eigenvalue weighted by Crippen LogP contribution is -2.17. The molecule has 0 unspecified atom stereocenters. The van der Waals surface area contributed by atoms with Gasteiger partial charge in [0.2, 0.25) is 0 Å². The van der Waals surface area contributed by atoms with Crippen molar-refractivity contribution in [1.29, 1.82) is 0 Å². The molecule has 0 heterocycles. The van der Waals surface area contributed by atoms with Gasteiger partial charge in [0.05, 0.1) is 18.1 Å². The van der Waals surface area contributed by atoms with Gasteiger partial charge in [-0.1, -0.05) is 53.2 Å². The van der Waals surface area contributed by atoms with E-state index in [0.29, 0.717) is 6.61 Å². The van der Waals surface area contributed by atoms with Crippen molar-refractivity contribution in [3.05, 3.63) is 29.8 Å². The first-order valence-corrected chi connectivity index (χ1v) is 9.88. The van der Waals surface area contributed by atoms with E-state index in [1.807, 2.05) is 38.1 Å². The Morgan fingerprint density at radius 1 is 1.23 bits per heavy atom. The Bertz CT molecular complexity index is 556. The number of benzene rings is 1. The molecule has 0 saturated carbocycles. The molecular formula is C18H30O3S. The summed E-state index contributed by atoms with van der Waals surface area (Å²) in [5.74, 6) is 1.29. The summed E-state index contributed by atoms with van der Waals surface area (Å²) < 4.78 is 30.0. The lowest BCUT2D eigenvalue weighted by Gasteiger charge is -2.20. The van der Waals surface area contributed by atoms with Crippen LogP contribution in [0.2, 0.25) is 0 Å². The Labute approximate surface area is 136 Å². The molecule has 0 aromatic heterocycles. The molecule has 0 aliphatic carbocycles. The molecule has 1 aromatic rings. The summed E-state index contributed by atoms with van der Waals surface area (Å²) in [6.07, 6.45) is 1.65. The van der Waals surface area contributed by atoms with Crippen LogP contribution in [-0.4, -0.2) is 26.5 Å². The van der Waals surface area contributed by atoms with Crippen LogP contribution in [0.5, 0.6) is 5.75 Å². The number of ether oxygens (including phenoxy) is 1. The summed E-state index contributed by atoms with van der Waals surface area (Å²) in [7, 11) is -2.98. The maximum Gasteiger partial charge on any atom is 0.150 e. The van der Waals surface area contributed by atoms with Crippen LogP contribution in [-0.2, 0) is 9.84 Å². The van der Waals surface area contributed by atoms with Crippen molar-refractivity contribution >= 4 is 9.84 Å². The summed E-state index contributed by atoms with van der Waals surface area (Å²) in [5.41, 5.74) is 1.12. The van der Waals surface area contributed by atoms with Crippen molar-refractivity contribution in [2.75, 3.05) is 18.1 Å². The highest BCUT2D eigenvalue weighted by molar-refractivity contribution is 7.91. The van der Waals surface area contributed by atoms with Crippen LogP contribution in [0.3, 0.4) is 0 Å². The van der Waals surface area contributed by atoms with Crippen LogP contribution in [0.25, 0.3) is 0 Å². The van der Waals surface area contributed by atoms with E-state index in [0.717, 1.165) is 24.2 Å². The lowest BCUT2D eigenvalue weighted by atomic mass is 9.98. The first-order chi connectivity index (χ1) is 10.1. The van der Waals surface area contributed by atoms with Crippen molar-refractivity contribution in [2.45, 2.75) is 53.4 Å². The predicted octanol–water partition coefficient (Wildman–Crippen LogP) is 4.43. The largest absolute Gasteiger partial charge is 0.493 e. The molecule has 1 rings (SSSR count). The molecule has 126 valence electrons. The molecule has 22 heavy (non-hydrogen) atoms. The number of hydrogen-bond acceptors (Lipinski definition) is 3. The number of hydrogen-bond donors (Lipinski definition) is 0. The van der Waals surface area contributed by atoms with E-state index >= 15 is 0 Å². The molecule has 4 heteroatoms. The van der Waals surface area contributed by atoms with Crippen molar-refractivity contribution in [2.24, 2.45) is 5.41 Å². The van der Waals surface area contributed by atoms with Gasteiger partial charge >= 0.3 is 0 Å². The second kappa shape index (κ2) is 8.00. The van der Waals surface area contributed by atoms with Crippen molar-refractivity contribution in [1.82, 2.24) is 0 Å². The zero-order valence-electron chi connectivity index (χ0n) is 14.6. The zero-order chi connectivity index (χ0) is 16.8. The molecule has 0 saturated heterocycles. The van der Waals surface area contributed by atoms with Gasteiger partial charge in [-0.25, -0.2) is 8.42 Å². The number of sulfone groups is 1. The van der Waals surface area contributed by atoms with Crippen LogP contribution in [0, 0.1) is 5.41 Å². The molecule has 0 radical (unpaired) electrons. The molecule has 0 spiro atoms. The molecular weight excluding hydrogens is 296 g/mol. The van der Waals surface area contributed by atoms with Crippen LogP contribution in [0.15, 0.2) is 24.3 Å². The summed E-state index contributed by atoms with van der Waals surface area (Å²) in [5, 5.41) is 0. The van der Waals surface area contributed by atoms with Gasteiger partial charge in [0.1, 0.15) is 5.75 Å². The minimum atomic E-state index is -2.98. The Kier molecular flexibility index (Phi) is 6.92. The predicted molar refractivity (Wildman–Crippen MR) is 93.4 cm³/mol. The first-order valence-electron chi connectivity index (χ1n) is 8.06. The third kappa shape index (κ3) is 7.30. The number of unbranched alkanes of at least 4 members (excludes halogenated alkanes) is 1. The minimum Gasteiger partial charge on any atom is -0.493 e. The fourth-order valence-electron chi connectivity index (χ4n) is 2.14. The molecule has 1 aromatic carbocycles. The SMILES string of the molecule is CCCCS(=O)(=O)C[C@H](C)c1cccc(OCC(C)(C)C)c1.